The summed E-state index contributed by atoms with van der Waals surface area (Å²) in [5.74, 6) is 1.60. The SMILES string of the molecule is O=S(=O)(NC1CCN(c2nc(C3CC3)ns2)CC1)C1CC1. The molecule has 0 unspecified atom stereocenters. The zero-order chi connectivity index (χ0) is 14.4. The predicted octanol–water partition coefficient (Wildman–Crippen LogP) is 1.47. The predicted molar refractivity (Wildman–Crippen MR) is 82.2 cm³/mol. The van der Waals surface area contributed by atoms with E-state index in [1.807, 2.05) is 0 Å². The number of hydrogen-bond donors (Lipinski definition) is 1. The van der Waals surface area contributed by atoms with Crippen molar-refractivity contribution in [1.29, 1.82) is 0 Å². The molecule has 2 saturated carbocycles. The second-order valence-electron chi connectivity index (χ2n) is 6.33. The summed E-state index contributed by atoms with van der Waals surface area (Å²) in [7, 11) is -3.06. The van der Waals surface area contributed by atoms with Crippen molar-refractivity contribution in [2.24, 2.45) is 0 Å². The Bertz CT molecular complexity index is 614. The van der Waals surface area contributed by atoms with Crippen molar-refractivity contribution in [2.75, 3.05) is 18.0 Å². The van der Waals surface area contributed by atoms with Gasteiger partial charge in [-0.1, -0.05) is 0 Å². The molecule has 0 amide bonds. The van der Waals surface area contributed by atoms with Gasteiger partial charge in [0.05, 0.1) is 5.25 Å². The number of rotatable bonds is 5. The van der Waals surface area contributed by atoms with Crippen LogP contribution in [0.5, 0.6) is 0 Å². The molecule has 6 nitrogen and oxygen atoms in total. The molecule has 1 aromatic rings. The zero-order valence-electron chi connectivity index (χ0n) is 11.9. The van der Waals surface area contributed by atoms with Gasteiger partial charge in [0.2, 0.25) is 15.2 Å². The molecule has 8 heteroatoms. The van der Waals surface area contributed by atoms with Crippen molar-refractivity contribution in [3.63, 3.8) is 0 Å². The van der Waals surface area contributed by atoms with E-state index < -0.39 is 10.0 Å². The summed E-state index contributed by atoms with van der Waals surface area (Å²) in [5, 5.41) is 0.875. The number of anilines is 1. The van der Waals surface area contributed by atoms with E-state index in [1.54, 1.807) is 0 Å². The normalized spacial score (nSPS) is 24.5. The molecule has 0 aromatic carbocycles. The summed E-state index contributed by atoms with van der Waals surface area (Å²) < 4.78 is 31.2. The summed E-state index contributed by atoms with van der Waals surface area (Å²) in [6, 6.07) is 0.0858. The molecule has 1 aromatic heterocycles. The molecule has 0 radical (unpaired) electrons. The topological polar surface area (TPSA) is 75.2 Å². The van der Waals surface area contributed by atoms with Gasteiger partial charge in [-0.3, -0.25) is 0 Å². The zero-order valence-corrected chi connectivity index (χ0v) is 13.5. The third kappa shape index (κ3) is 3.07. The van der Waals surface area contributed by atoms with Gasteiger partial charge in [-0.2, -0.15) is 4.37 Å². The summed E-state index contributed by atoms with van der Waals surface area (Å²) in [5.41, 5.74) is 0. The van der Waals surface area contributed by atoms with E-state index >= 15 is 0 Å². The van der Waals surface area contributed by atoms with Gasteiger partial charge in [0.15, 0.2) is 0 Å². The first-order valence-corrected chi connectivity index (χ1v) is 10.0. The molecule has 2 aliphatic carbocycles. The van der Waals surface area contributed by atoms with Gasteiger partial charge >= 0.3 is 0 Å². The Morgan fingerprint density at radius 1 is 1.10 bits per heavy atom. The van der Waals surface area contributed by atoms with E-state index in [0.29, 0.717) is 5.92 Å². The molecule has 2 heterocycles. The standard InChI is InChI=1S/C13H20N4O2S2/c18-21(19,11-3-4-11)16-10-5-7-17(8-6-10)13-14-12(15-20-13)9-1-2-9/h9-11,16H,1-8H2. The average molecular weight is 328 g/mol. The van der Waals surface area contributed by atoms with Crippen molar-refractivity contribution in [3.05, 3.63) is 5.82 Å². The van der Waals surface area contributed by atoms with E-state index in [2.05, 4.69) is 19.0 Å². The van der Waals surface area contributed by atoms with Gasteiger partial charge in [0.1, 0.15) is 5.82 Å². The van der Waals surface area contributed by atoms with Gasteiger partial charge < -0.3 is 4.90 Å². The van der Waals surface area contributed by atoms with Crippen LogP contribution in [0.3, 0.4) is 0 Å². The van der Waals surface area contributed by atoms with Crippen LogP contribution in [-0.2, 0) is 10.0 Å². The maximum Gasteiger partial charge on any atom is 0.214 e. The molecule has 1 N–H and O–H groups in total. The lowest BCUT2D eigenvalue weighted by molar-refractivity contribution is 0.459. The highest BCUT2D eigenvalue weighted by molar-refractivity contribution is 7.90. The minimum absolute atomic E-state index is 0.0858. The van der Waals surface area contributed by atoms with E-state index in [-0.39, 0.29) is 11.3 Å². The number of piperidine rings is 1. The Morgan fingerprint density at radius 2 is 1.81 bits per heavy atom. The summed E-state index contributed by atoms with van der Waals surface area (Å²) >= 11 is 1.48. The summed E-state index contributed by atoms with van der Waals surface area (Å²) in [4.78, 5) is 6.87. The molecule has 4 rings (SSSR count). The molecule has 3 fully saturated rings. The Labute approximate surface area is 129 Å². The van der Waals surface area contributed by atoms with Crippen molar-refractivity contribution < 1.29 is 8.42 Å². The van der Waals surface area contributed by atoms with Gasteiger partial charge in [-0.25, -0.2) is 18.1 Å². The van der Waals surface area contributed by atoms with Crippen molar-refractivity contribution in [2.45, 2.75) is 55.7 Å². The van der Waals surface area contributed by atoms with Crippen molar-refractivity contribution in [1.82, 2.24) is 14.1 Å². The molecule has 116 valence electrons. The summed E-state index contributed by atoms with van der Waals surface area (Å²) in [6.45, 7) is 1.72. The monoisotopic (exact) mass is 328 g/mol. The average Bonchev–Trinajstić information content (AvgIpc) is 3.37. The van der Waals surface area contributed by atoms with Crippen LogP contribution in [0.1, 0.15) is 50.3 Å². The van der Waals surface area contributed by atoms with Crippen LogP contribution in [0.15, 0.2) is 0 Å². The van der Waals surface area contributed by atoms with Crippen LogP contribution < -0.4 is 9.62 Å². The second kappa shape index (κ2) is 5.17. The Balaban J connectivity index is 1.33. The highest BCUT2D eigenvalue weighted by Crippen LogP contribution is 2.40. The quantitative estimate of drug-likeness (QED) is 0.886. The fraction of sp³-hybridized carbons (Fsp3) is 0.846. The number of aromatic nitrogens is 2. The van der Waals surface area contributed by atoms with E-state index in [0.717, 1.165) is 49.7 Å². The highest BCUT2D eigenvalue weighted by Gasteiger charge is 2.37. The van der Waals surface area contributed by atoms with Crippen LogP contribution in [0.25, 0.3) is 0 Å². The number of nitrogens with one attached hydrogen (secondary N) is 1. The minimum atomic E-state index is -3.06. The fourth-order valence-electron chi connectivity index (χ4n) is 2.76. The maximum atomic E-state index is 12.0. The number of nitrogens with zero attached hydrogens (tertiary/aromatic N) is 3. The van der Waals surface area contributed by atoms with Crippen LogP contribution in [0.2, 0.25) is 0 Å². The van der Waals surface area contributed by atoms with Crippen molar-refractivity contribution >= 4 is 26.7 Å². The number of hydrogen-bond acceptors (Lipinski definition) is 6. The Hall–Kier alpha value is -0.730. The highest BCUT2D eigenvalue weighted by atomic mass is 32.2. The van der Waals surface area contributed by atoms with Gasteiger partial charge in [-0.15, -0.1) is 0 Å². The lowest BCUT2D eigenvalue weighted by Crippen LogP contribution is -2.45. The maximum absolute atomic E-state index is 12.0. The van der Waals surface area contributed by atoms with Crippen LogP contribution in [0, 0.1) is 0 Å². The van der Waals surface area contributed by atoms with Crippen LogP contribution in [0.4, 0.5) is 5.13 Å². The number of sulfonamides is 1. The molecule has 1 aliphatic heterocycles. The third-order valence-electron chi connectivity index (χ3n) is 4.43. The largest absolute Gasteiger partial charge is 0.347 e. The fourth-order valence-corrected chi connectivity index (χ4v) is 5.20. The first kappa shape index (κ1) is 13.9. The first-order chi connectivity index (χ1) is 10.1. The van der Waals surface area contributed by atoms with E-state index in [4.69, 9.17) is 0 Å². The van der Waals surface area contributed by atoms with E-state index in [1.165, 1.54) is 24.4 Å². The Kier molecular flexibility index (Phi) is 3.42. The lowest BCUT2D eigenvalue weighted by Gasteiger charge is -2.31. The molecule has 0 bridgehead atoms. The smallest absolute Gasteiger partial charge is 0.214 e. The molecular formula is C13H20N4O2S2. The van der Waals surface area contributed by atoms with Gasteiger partial charge in [0, 0.05) is 36.6 Å². The van der Waals surface area contributed by atoms with Crippen molar-refractivity contribution in [3.8, 4) is 0 Å². The second-order valence-corrected chi connectivity index (χ2v) is 9.06. The first-order valence-electron chi connectivity index (χ1n) is 7.71. The third-order valence-corrected chi connectivity index (χ3v) is 7.24. The molecule has 0 atom stereocenters. The van der Waals surface area contributed by atoms with Crippen LogP contribution in [-0.4, -0.2) is 42.2 Å². The summed E-state index contributed by atoms with van der Waals surface area (Å²) in [6.07, 6.45) is 5.79. The van der Waals surface area contributed by atoms with Crippen LogP contribution >= 0.6 is 11.5 Å². The molecule has 21 heavy (non-hydrogen) atoms. The lowest BCUT2D eigenvalue weighted by atomic mass is 10.1. The molecule has 0 spiro atoms. The molecule has 3 aliphatic rings. The van der Waals surface area contributed by atoms with Gasteiger partial charge in [-0.05, 0) is 38.5 Å². The Morgan fingerprint density at radius 3 is 2.43 bits per heavy atom. The molecule has 1 saturated heterocycles. The van der Waals surface area contributed by atoms with Gasteiger partial charge in [0.25, 0.3) is 0 Å². The van der Waals surface area contributed by atoms with E-state index in [9.17, 15) is 8.42 Å². The molecular weight excluding hydrogens is 308 g/mol. The minimum Gasteiger partial charge on any atom is -0.347 e.